The maximum absolute atomic E-state index is 5.97. The molecular weight excluding hydrogens is 278 g/mol. The molecule has 1 aliphatic carbocycles. The van der Waals surface area contributed by atoms with Gasteiger partial charge in [0.05, 0.1) is 0 Å². The molecule has 0 aliphatic heterocycles. The Morgan fingerprint density at radius 2 is 2.00 bits per heavy atom. The number of rotatable bonds is 7. The molecule has 0 bridgehead atoms. The summed E-state index contributed by atoms with van der Waals surface area (Å²) in [5.41, 5.74) is 1.13. The number of nitrogens with one attached hydrogen (secondary N) is 1. The van der Waals surface area contributed by atoms with E-state index in [-0.39, 0.29) is 0 Å². The summed E-state index contributed by atoms with van der Waals surface area (Å²) in [6.45, 7) is 3.66. The van der Waals surface area contributed by atoms with Crippen molar-refractivity contribution in [3.63, 3.8) is 0 Å². The van der Waals surface area contributed by atoms with Crippen molar-refractivity contribution in [3.05, 3.63) is 57.8 Å². The lowest BCUT2D eigenvalue weighted by Gasteiger charge is -2.07. The summed E-state index contributed by atoms with van der Waals surface area (Å²) < 4.78 is 5.97. The summed E-state index contributed by atoms with van der Waals surface area (Å²) in [5.74, 6) is 0.946. The SMILES string of the molecule is C/C=C/c1ccccc1OCc1ccc(CNC2CC2)s1. The highest BCUT2D eigenvalue weighted by molar-refractivity contribution is 7.11. The first-order valence-corrected chi connectivity index (χ1v) is 8.32. The summed E-state index contributed by atoms with van der Waals surface area (Å²) >= 11 is 1.84. The third kappa shape index (κ3) is 4.19. The van der Waals surface area contributed by atoms with Crippen LogP contribution in [0, 0.1) is 0 Å². The zero-order valence-corrected chi connectivity index (χ0v) is 13.2. The average Bonchev–Trinajstić information content (AvgIpc) is 3.23. The molecule has 1 saturated carbocycles. The van der Waals surface area contributed by atoms with Gasteiger partial charge in [0.1, 0.15) is 12.4 Å². The Kier molecular flexibility index (Phi) is 4.73. The van der Waals surface area contributed by atoms with Crippen LogP contribution in [0.15, 0.2) is 42.5 Å². The first kappa shape index (κ1) is 14.4. The fraction of sp³-hybridized carbons (Fsp3) is 0.333. The van der Waals surface area contributed by atoms with Crippen molar-refractivity contribution in [1.82, 2.24) is 5.32 Å². The molecule has 1 aromatic carbocycles. The fourth-order valence-electron chi connectivity index (χ4n) is 2.21. The Morgan fingerprint density at radius 3 is 2.81 bits per heavy atom. The Morgan fingerprint density at radius 1 is 1.19 bits per heavy atom. The molecule has 1 heterocycles. The highest BCUT2D eigenvalue weighted by Crippen LogP contribution is 2.24. The first-order chi connectivity index (χ1) is 10.3. The molecule has 21 heavy (non-hydrogen) atoms. The lowest BCUT2D eigenvalue weighted by molar-refractivity contribution is 0.309. The minimum atomic E-state index is 0.642. The number of ether oxygens (including phenoxy) is 1. The van der Waals surface area contributed by atoms with Gasteiger partial charge in [0.15, 0.2) is 0 Å². The van der Waals surface area contributed by atoms with Crippen LogP contribution in [-0.4, -0.2) is 6.04 Å². The highest BCUT2D eigenvalue weighted by atomic mass is 32.1. The van der Waals surface area contributed by atoms with Gasteiger partial charge >= 0.3 is 0 Å². The standard InChI is InChI=1S/C18H21NOS/c1-2-5-14-6-3-4-7-18(14)20-13-17-11-10-16(21-17)12-19-15-8-9-15/h2-7,10-11,15,19H,8-9,12-13H2,1H3/b5-2+. The van der Waals surface area contributed by atoms with Gasteiger partial charge in [0.2, 0.25) is 0 Å². The van der Waals surface area contributed by atoms with Crippen LogP contribution in [0.5, 0.6) is 5.75 Å². The molecule has 1 fully saturated rings. The van der Waals surface area contributed by atoms with Gasteiger partial charge in [-0.2, -0.15) is 0 Å². The number of para-hydroxylation sites is 1. The number of thiophene rings is 1. The van der Waals surface area contributed by atoms with Crippen molar-refractivity contribution in [2.45, 2.75) is 39.0 Å². The van der Waals surface area contributed by atoms with E-state index < -0.39 is 0 Å². The van der Waals surface area contributed by atoms with Gasteiger partial charge in [-0.05, 0) is 38.0 Å². The van der Waals surface area contributed by atoms with E-state index in [1.807, 2.05) is 42.5 Å². The predicted octanol–water partition coefficient (Wildman–Crippen LogP) is 4.61. The molecule has 2 aromatic rings. The lowest BCUT2D eigenvalue weighted by atomic mass is 10.2. The topological polar surface area (TPSA) is 21.3 Å². The van der Waals surface area contributed by atoms with Crippen LogP contribution in [-0.2, 0) is 13.2 Å². The van der Waals surface area contributed by atoms with Crippen LogP contribution in [0.4, 0.5) is 0 Å². The molecular formula is C18H21NOS. The summed E-state index contributed by atoms with van der Waals surface area (Å²) in [7, 11) is 0. The van der Waals surface area contributed by atoms with E-state index in [1.54, 1.807) is 0 Å². The highest BCUT2D eigenvalue weighted by Gasteiger charge is 2.20. The number of hydrogen-bond donors (Lipinski definition) is 1. The number of hydrogen-bond acceptors (Lipinski definition) is 3. The second-order valence-electron chi connectivity index (χ2n) is 5.35. The molecule has 1 aliphatic rings. The smallest absolute Gasteiger partial charge is 0.127 e. The molecule has 3 heteroatoms. The van der Waals surface area contributed by atoms with Gasteiger partial charge in [0.25, 0.3) is 0 Å². The average molecular weight is 299 g/mol. The van der Waals surface area contributed by atoms with Gasteiger partial charge in [0, 0.05) is 27.9 Å². The van der Waals surface area contributed by atoms with Crippen molar-refractivity contribution in [3.8, 4) is 5.75 Å². The van der Waals surface area contributed by atoms with Crippen LogP contribution in [0.3, 0.4) is 0 Å². The quantitative estimate of drug-likeness (QED) is 0.806. The molecule has 0 radical (unpaired) electrons. The van der Waals surface area contributed by atoms with Crippen molar-refractivity contribution in [1.29, 1.82) is 0 Å². The molecule has 1 aromatic heterocycles. The Bertz CT molecular complexity index is 613. The maximum Gasteiger partial charge on any atom is 0.127 e. The zero-order valence-electron chi connectivity index (χ0n) is 12.3. The predicted molar refractivity (Wildman–Crippen MR) is 89.7 cm³/mol. The van der Waals surface area contributed by atoms with E-state index in [9.17, 15) is 0 Å². The van der Waals surface area contributed by atoms with Crippen LogP contribution >= 0.6 is 11.3 Å². The van der Waals surface area contributed by atoms with Crippen molar-refractivity contribution in [2.24, 2.45) is 0 Å². The van der Waals surface area contributed by atoms with E-state index >= 15 is 0 Å². The normalized spacial score (nSPS) is 14.7. The monoisotopic (exact) mass is 299 g/mol. The van der Waals surface area contributed by atoms with Crippen LogP contribution in [0.1, 0.15) is 35.1 Å². The van der Waals surface area contributed by atoms with E-state index in [1.165, 1.54) is 22.6 Å². The lowest BCUT2D eigenvalue weighted by Crippen LogP contribution is -2.14. The minimum absolute atomic E-state index is 0.642. The summed E-state index contributed by atoms with van der Waals surface area (Å²) in [6.07, 6.45) is 6.79. The van der Waals surface area contributed by atoms with Gasteiger partial charge in [-0.15, -0.1) is 11.3 Å². The second-order valence-corrected chi connectivity index (χ2v) is 6.60. The third-order valence-corrected chi connectivity index (χ3v) is 4.55. The van der Waals surface area contributed by atoms with Crippen molar-refractivity contribution >= 4 is 17.4 Å². The van der Waals surface area contributed by atoms with Crippen LogP contribution in [0.2, 0.25) is 0 Å². The number of benzene rings is 1. The molecule has 3 rings (SSSR count). The molecule has 110 valence electrons. The Labute approximate surface area is 130 Å². The zero-order chi connectivity index (χ0) is 14.5. The minimum Gasteiger partial charge on any atom is -0.487 e. The summed E-state index contributed by atoms with van der Waals surface area (Å²) in [5, 5.41) is 3.55. The summed E-state index contributed by atoms with van der Waals surface area (Å²) in [6, 6.07) is 13.3. The molecule has 0 unspecified atom stereocenters. The molecule has 0 saturated heterocycles. The first-order valence-electron chi connectivity index (χ1n) is 7.50. The maximum atomic E-state index is 5.97. The van der Waals surface area contributed by atoms with Crippen LogP contribution in [0.25, 0.3) is 6.08 Å². The third-order valence-electron chi connectivity index (χ3n) is 3.49. The van der Waals surface area contributed by atoms with Crippen LogP contribution < -0.4 is 10.1 Å². The van der Waals surface area contributed by atoms with Crippen molar-refractivity contribution < 1.29 is 4.74 Å². The summed E-state index contributed by atoms with van der Waals surface area (Å²) in [4.78, 5) is 2.67. The molecule has 0 amide bonds. The van der Waals surface area contributed by atoms with E-state index in [0.717, 1.165) is 23.9 Å². The molecule has 2 nitrogen and oxygen atoms in total. The Balaban J connectivity index is 1.57. The molecule has 0 spiro atoms. The van der Waals surface area contributed by atoms with E-state index in [0.29, 0.717) is 6.61 Å². The second kappa shape index (κ2) is 6.92. The Hall–Kier alpha value is -1.58. The van der Waals surface area contributed by atoms with Crippen molar-refractivity contribution in [2.75, 3.05) is 0 Å². The van der Waals surface area contributed by atoms with Gasteiger partial charge in [-0.3, -0.25) is 0 Å². The van der Waals surface area contributed by atoms with Gasteiger partial charge in [-0.1, -0.05) is 30.4 Å². The van der Waals surface area contributed by atoms with E-state index in [4.69, 9.17) is 4.74 Å². The van der Waals surface area contributed by atoms with E-state index in [2.05, 4.69) is 29.6 Å². The van der Waals surface area contributed by atoms with Gasteiger partial charge in [-0.25, -0.2) is 0 Å². The molecule has 0 atom stereocenters. The van der Waals surface area contributed by atoms with Gasteiger partial charge < -0.3 is 10.1 Å². The largest absolute Gasteiger partial charge is 0.487 e. The number of allylic oxidation sites excluding steroid dienone is 1. The molecule has 1 N–H and O–H groups in total. The fourth-order valence-corrected chi connectivity index (χ4v) is 3.09.